The zero-order chi connectivity index (χ0) is 15.7. The number of nitrogens with one attached hydrogen (secondary N) is 1. The van der Waals surface area contributed by atoms with E-state index in [4.69, 9.17) is 0 Å². The highest BCUT2D eigenvalue weighted by atomic mass is 16.3. The standard InChI is InChI=1S/C18H32N2O/c1-15(2)13-16-7-9-17(10-8-16)18(21)14-19-11-5-6-12-20(3)4/h7-10,15,18-19,21H,5-6,11-14H2,1-4H3. The molecule has 1 aromatic carbocycles. The number of hydrogen-bond donors (Lipinski definition) is 2. The lowest BCUT2D eigenvalue weighted by molar-refractivity contribution is 0.174. The predicted octanol–water partition coefficient (Wildman–Crippen LogP) is 2.85. The topological polar surface area (TPSA) is 35.5 Å². The summed E-state index contributed by atoms with van der Waals surface area (Å²) in [5.41, 5.74) is 2.35. The van der Waals surface area contributed by atoms with Gasteiger partial charge in [0.25, 0.3) is 0 Å². The fraction of sp³-hybridized carbons (Fsp3) is 0.667. The van der Waals surface area contributed by atoms with Crippen LogP contribution >= 0.6 is 0 Å². The van der Waals surface area contributed by atoms with Gasteiger partial charge in [-0.25, -0.2) is 0 Å². The van der Waals surface area contributed by atoms with E-state index in [9.17, 15) is 5.11 Å². The van der Waals surface area contributed by atoms with Gasteiger partial charge in [0.1, 0.15) is 0 Å². The van der Waals surface area contributed by atoms with Crippen molar-refractivity contribution in [3.63, 3.8) is 0 Å². The molecule has 0 aliphatic carbocycles. The van der Waals surface area contributed by atoms with Crippen LogP contribution in [0.5, 0.6) is 0 Å². The second-order valence-electron chi connectivity index (χ2n) is 6.57. The molecule has 0 saturated heterocycles. The molecule has 3 heteroatoms. The second kappa shape index (κ2) is 9.93. The van der Waals surface area contributed by atoms with E-state index in [1.807, 2.05) is 0 Å². The molecule has 0 saturated carbocycles. The van der Waals surface area contributed by atoms with E-state index < -0.39 is 6.10 Å². The molecule has 0 aliphatic heterocycles. The molecular weight excluding hydrogens is 260 g/mol. The number of aliphatic hydroxyl groups excluding tert-OH is 1. The van der Waals surface area contributed by atoms with Gasteiger partial charge in [0.05, 0.1) is 6.10 Å². The lowest BCUT2D eigenvalue weighted by Gasteiger charge is -2.14. The maximum absolute atomic E-state index is 10.2. The Morgan fingerprint density at radius 1 is 1.10 bits per heavy atom. The highest BCUT2D eigenvalue weighted by Crippen LogP contribution is 2.15. The van der Waals surface area contributed by atoms with Crippen LogP contribution in [0.4, 0.5) is 0 Å². The zero-order valence-corrected chi connectivity index (χ0v) is 14.1. The summed E-state index contributed by atoms with van der Waals surface area (Å²) in [7, 11) is 4.19. The van der Waals surface area contributed by atoms with E-state index in [0.717, 1.165) is 31.5 Å². The number of aliphatic hydroxyl groups is 1. The van der Waals surface area contributed by atoms with Gasteiger partial charge in [0, 0.05) is 6.54 Å². The molecule has 3 nitrogen and oxygen atoms in total. The van der Waals surface area contributed by atoms with Gasteiger partial charge in [-0.05, 0) is 63.5 Å². The van der Waals surface area contributed by atoms with Crippen LogP contribution in [-0.2, 0) is 6.42 Å². The Hall–Kier alpha value is -0.900. The summed E-state index contributed by atoms with van der Waals surface area (Å²) in [4.78, 5) is 2.20. The fourth-order valence-corrected chi connectivity index (χ4v) is 2.38. The minimum Gasteiger partial charge on any atom is -0.387 e. The second-order valence-corrected chi connectivity index (χ2v) is 6.57. The summed E-state index contributed by atoms with van der Waals surface area (Å²) < 4.78 is 0. The summed E-state index contributed by atoms with van der Waals surface area (Å²) >= 11 is 0. The monoisotopic (exact) mass is 292 g/mol. The summed E-state index contributed by atoms with van der Waals surface area (Å²) in [5.74, 6) is 0.671. The van der Waals surface area contributed by atoms with E-state index in [-0.39, 0.29) is 0 Å². The van der Waals surface area contributed by atoms with Crippen molar-refractivity contribution in [3.05, 3.63) is 35.4 Å². The summed E-state index contributed by atoms with van der Waals surface area (Å²) in [6.07, 6.45) is 3.03. The molecule has 1 atom stereocenters. The van der Waals surface area contributed by atoms with E-state index in [2.05, 4.69) is 62.4 Å². The minimum atomic E-state index is -0.410. The number of benzene rings is 1. The SMILES string of the molecule is CC(C)Cc1ccc(C(O)CNCCCCN(C)C)cc1. The molecule has 0 aromatic heterocycles. The maximum atomic E-state index is 10.2. The minimum absolute atomic E-state index is 0.410. The van der Waals surface area contributed by atoms with Crippen molar-refractivity contribution in [1.29, 1.82) is 0 Å². The third-order valence-electron chi connectivity index (χ3n) is 3.56. The van der Waals surface area contributed by atoms with Crippen LogP contribution in [-0.4, -0.2) is 43.7 Å². The largest absolute Gasteiger partial charge is 0.387 e. The molecule has 2 N–H and O–H groups in total. The number of nitrogens with zero attached hydrogens (tertiary/aromatic N) is 1. The van der Waals surface area contributed by atoms with Crippen LogP contribution in [0.15, 0.2) is 24.3 Å². The molecule has 120 valence electrons. The van der Waals surface area contributed by atoms with Gasteiger partial charge in [0.2, 0.25) is 0 Å². The van der Waals surface area contributed by atoms with Crippen LogP contribution in [0.1, 0.15) is 43.9 Å². The van der Waals surface area contributed by atoms with Crippen molar-refractivity contribution in [2.24, 2.45) is 5.92 Å². The summed E-state index contributed by atoms with van der Waals surface area (Å²) in [5, 5.41) is 13.5. The first kappa shape index (κ1) is 18.1. The quantitative estimate of drug-likeness (QED) is 0.651. The predicted molar refractivity (Wildman–Crippen MR) is 90.6 cm³/mol. The number of rotatable bonds is 10. The molecule has 0 fully saturated rings. The van der Waals surface area contributed by atoms with Gasteiger partial charge in [-0.1, -0.05) is 38.1 Å². The average Bonchev–Trinajstić information content (AvgIpc) is 2.42. The number of hydrogen-bond acceptors (Lipinski definition) is 3. The third-order valence-corrected chi connectivity index (χ3v) is 3.56. The lowest BCUT2D eigenvalue weighted by atomic mass is 10.0. The van der Waals surface area contributed by atoms with E-state index in [1.54, 1.807) is 0 Å². The molecule has 0 bridgehead atoms. The molecule has 0 spiro atoms. The Kier molecular flexibility index (Phi) is 8.58. The van der Waals surface area contributed by atoms with Gasteiger partial charge in [0.15, 0.2) is 0 Å². The Morgan fingerprint density at radius 3 is 2.33 bits per heavy atom. The van der Waals surface area contributed by atoms with Gasteiger partial charge in [-0.3, -0.25) is 0 Å². The molecule has 0 radical (unpaired) electrons. The Labute approximate surface area is 130 Å². The van der Waals surface area contributed by atoms with Crippen LogP contribution in [0.2, 0.25) is 0 Å². The molecular formula is C18H32N2O. The van der Waals surface area contributed by atoms with Gasteiger partial charge < -0.3 is 15.3 Å². The van der Waals surface area contributed by atoms with Crippen molar-refractivity contribution in [1.82, 2.24) is 10.2 Å². The first-order valence-electron chi connectivity index (χ1n) is 8.11. The van der Waals surface area contributed by atoms with Crippen molar-refractivity contribution in [3.8, 4) is 0 Å². The van der Waals surface area contributed by atoms with Crippen LogP contribution in [0.3, 0.4) is 0 Å². The highest BCUT2D eigenvalue weighted by Gasteiger charge is 2.07. The fourth-order valence-electron chi connectivity index (χ4n) is 2.38. The average molecular weight is 292 g/mol. The van der Waals surface area contributed by atoms with Crippen molar-refractivity contribution in [2.45, 2.75) is 39.2 Å². The van der Waals surface area contributed by atoms with E-state index in [1.165, 1.54) is 12.0 Å². The molecule has 21 heavy (non-hydrogen) atoms. The molecule has 1 unspecified atom stereocenters. The van der Waals surface area contributed by atoms with Gasteiger partial charge in [-0.15, -0.1) is 0 Å². The van der Waals surface area contributed by atoms with Crippen molar-refractivity contribution in [2.75, 3.05) is 33.7 Å². The highest BCUT2D eigenvalue weighted by molar-refractivity contribution is 5.24. The Balaban J connectivity index is 2.24. The normalized spacial score (nSPS) is 13.1. The Bertz CT molecular complexity index is 373. The van der Waals surface area contributed by atoms with Crippen LogP contribution < -0.4 is 5.32 Å². The lowest BCUT2D eigenvalue weighted by Crippen LogP contribution is -2.23. The molecule has 1 rings (SSSR count). The third kappa shape index (κ3) is 8.20. The van der Waals surface area contributed by atoms with Gasteiger partial charge >= 0.3 is 0 Å². The first-order chi connectivity index (χ1) is 9.99. The molecule has 0 heterocycles. The van der Waals surface area contributed by atoms with E-state index >= 15 is 0 Å². The summed E-state index contributed by atoms with van der Waals surface area (Å²) in [6.45, 7) is 7.18. The molecule has 1 aromatic rings. The van der Waals surface area contributed by atoms with Crippen molar-refractivity contribution >= 4 is 0 Å². The van der Waals surface area contributed by atoms with Crippen LogP contribution in [0, 0.1) is 5.92 Å². The summed E-state index contributed by atoms with van der Waals surface area (Å²) in [6, 6.07) is 8.37. The number of unbranched alkanes of at least 4 members (excludes halogenated alkanes) is 1. The maximum Gasteiger partial charge on any atom is 0.0914 e. The smallest absolute Gasteiger partial charge is 0.0914 e. The first-order valence-corrected chi connectivity index (χ1v) is 8.11. The van der Waals surface area contributed by atoms with Gasteiger partial charge in [-0.2, -0.15) is 0 Å². The zero-order valence-electron chi connectivity index (χ0n) is 14.1. The van der Waals surface area contributed by atoms with Crippen molar-refractivity contribution < 1.29 is 5.11 Å². The molecule has 0 aliphatic rings. The molecule has 0 amide bonds. The van der Waals surface area contributed by atoms with E-state index in [0.29, 0.717) is 12.5 Å². The Morgan fingerprint density at radius 2 is 1.76 bits per heavy atom. The van der Waals surface area contributed by atoms with Crippen LogP contribution in [0.25, 0.3) is 0 Å².